The molecule has 1 aromatic carbocycles. The Morgan fingerprint density at radius 2 is 1.94 bits per heavy atom. The van der Waals surface area contributed by atoms with Crippen molar-refractivity contribution in [3.63, 3.8) is 0 Å². The van der Waals surface area contributed by atoms with Gasteiger partial charge in [0.15, 0.2) is 0 Å². The fourth-order valence-electron chi connectivity index (χ4n) is 1.25. The second-order valence-electron chi connectivity index (χ2n) is 3.47. The van der Waals surface area contributed by atoms with Gasteiger partial charge in [-0.15, -0.1) is 0 Å². The Labute approximate surface area is 106 Å². The van der Waals surface area contributed by atoms with E-state index in [0.29, 0.717) is 0 Å². The van der Waals surface area contributed by atoms with Crippen LogP contribution in [0.15, 0.2) is 40.1 Å². The summed E-state index contributed by atoms with van der Waals surface area (Å²) in [7, 11) is -4.04. The molecule has 0 fully saturated rings. The minimum Gasteiger partial charge on any atom is -0.489 e. The highest BCUT2D eigenvalue weighted by Crippen LogP contribution is 2.23. The van der Waals surface area contributed by atoms with Crippen LogP contribution in [-0.2, 0) is 14.6 Å². The summed E-state index contributed by atoms with van der Waals surface area (Å²) in [6.07, 6.45) is 0. The van der Waals surface area contributed by atoms with Crippen LogP contribution in [0.5, 0.6) is 0 Å². The van der Waals surface area contributed by atoms with Gasteiger partial charge in [0.25, 0.3) is 5.95 Å². The molecule has 6 heteroatoms. The zero-order valence-corrected chi connectivity index (χ0v) is 10.9. The SMILES string of the molecule is [C-]#[N+]C(=C(O)OCC)S(=O)(=O)c1ccc(C)cc1. The summed E-state index contributed by atoms with van der Waals surface area (Å²) in [5.74, 6) is -0.868. The molecule has 0 saturated carbocycles. The molecule has 0 spiro atoms. The summed E-state index contributed by atoms with van der Waals surface area (Å²) in [4.78, 5) is 2.79. The quantitative estimate of drug-likeness (QED) is 0.672. The third-order valence-corrected chi connectivity index (χ3v) is 3.82. The lowest BCUT2D eigenvalue weighted by Crippen LogP contribution is -2.07. The van der Waals surface area contributed by atoms with E-state index in [0.717, 1.165) is 5.56 Å². The smallest absolute Gasteiger partial charge is 0.359 e. The van der Waals surface area contributed by atoms with Crippen LogP contribution in [0.25, 0.3) is 4.85 Å². The van der Waals surface area contributed by atoms with Crippen LogP contribution in [0, 0.1) is 13.5 Å². The summed E-state index contributed by atoms with van der Waals surface area (Å²) < 4.78 is 28.8. The van der Waals surface area contributed by atoms with Crippen LogP contribution < -0.4 is 0 Å². The summed E-state index contributed by atoms with van der Waals surface area (Å²) in [5.41, 5.74) is 0.899. The van der Waals surface area contributed by atoms with Crippen molar-refractivity contribution in [3.8, 4) is 0 Å². The maximum Gasteiger partial charge on any atom is 0.359 e. The first-order chi connectivity index (χ1) is 8.43. The number of nitrogens with zero attached hydrogens (tertiary/aromatic N) is 1. The van der Waals surface area contributed by atoms with Gasteiger partial charge in [-0.3, -0.25) is 0 Å². The van der Waals surface area contributed by atoms with Crippen molar-refractivity contribution in [1.29, 1.82) is 0 Å². The largest absolute Gasteiger partial charge is 0.489 e. The molecule has 0 heterocycles. The Morgan fingerprint density at radius 3 is 2.39 bits per heavy atom. The molecule has 18 heavy (non-hydrogen) atoms. The number of aliphatic hydroxyl groups is 1. The molecular formula is C12H13NO4S. The first-order valence-electron chi connectivity index (χ1n) is 5.18. The molecule has 1 rings (SSSR count). The van der Waals surface area contributed by atoms with Crippen LogP contribution in [0.2, 0.25) is 0 Å². The fourth-order valence-corrected chi connectivity index (χ4v) is 2.38. The first-order valence-corrected chi connectivity index (χ1v) is 6.67. The average Bonchev–Trinajstić information content (AvgIpc) is 2.30. The van der Waals surface area contributed by atoms with E-state index in [1.807, 2.05) is 6.92 Å². The minimum absolute atomic E-state index is 0.0506. The van der Waals surface area contributed by atoms with Gasteiger partial charge < -0.3 is 9.84 Å². The average molecular weight is 267 g/mol. The highest BCUT2D eigenvalue weighted by molar-refractivity contribution is 7.95. The number of ether oxygens (including phenoxy) is 1. The number of sulfone groups is 1. The molecule has 0 bridgehead atoms. The monoisotopic (exact) mass is 267 g/mol. The Morgan fingerprint density at radius 1 is 1.39 bits per heavy atom. The van der Waals surface area contributed by atoms with Gasteiger partial charge in [-0.1, -0.05) is 17.7 Å². The molecule has 96 valence electrons. The molecule has 0 atom stereocenters. The third-order valence-electron chi connectivity index (χ3n) is 2.15. The summed E-state index contributed by atoms with van der Waals surface area (Å²) in [6, 6.07) is 6.00. The van der Waals surface area contributed by atoms with Crippen molar-refractivity contribution in [3.05, 3.63) is 52.2 Å². The molecule has 0 aromatic heterocycles. The summed E-state index contributed by atoms with van der Waals surface area (Å²) in [5, 5.41) is 8.63. The molecule has 1 aromatic rings. The van der Waals surface area contributed by atoms with Crippen molar-refractivity contribution in [2.24, 2.45) is 0 Å². The molecule has 0 saturated heterocycles. The highest BCUT2D eigenvalue weighted by atomic mass is 32.2. The van der Waals surface area contributed by atoms with Crippen LogP contribution in [-0.4, -0.2) is 20.1 Å². The Hall–Kier alpha value is -2.00. The van der Waals surface area contributed by atoms with E-state index in [9.17, 15) is 13.5 Å². The Bertz CT molecular complexity index is 594. The van der Waals surface area contributed by atoms with Gasteiger partial charge in [0.05, 0.1) is 18.1 Å². The second kappa shape index (κ2) is 5.56. The second-order valence-corrected chi connectivity index (χ2v) is 5.34. The molecular weight excluding hydrogens is 254 g/mol. The molecule has 0 radical (unpaired) electrons. The lowest BCUT2D eigenvalue weighted by atomic mass is 10.2. The van der Waals surface area contributed by atoms with Crippen LogP contribution in [0.4, 0.5) is 0 Å². The molecule has 0 aliphatic carbocycles. The number of rotatable bonds is 4. The van der Waals surface area contributed by atoms with Crippen LogP contribution in [0.3, 0.4) is 0 Å². The topological polar surface area (TPSA) is 68.0 Å². The van der Waals surface area contributed by atoms with Crippen molar-refractivity contribution >= 4 is 9.84 Å². The lowest BCUT2D eigenvalue weighted by molar-refractivity contribution is 0.101. The molecule has 0 unspecified atom stereocenters. The fraction of sp³-hybridized carbons (Fsp3) is 0.250. The predicted molar refractivity (Wildman–Crippen MR) is 66.2 cm³/mol. The van der Waals surface area contributed by atoms with Crippen LogP contribution >= 0.6 is 0 Å². The van der Waals surface area contributed by atoms with Gasteiger partial charge in [0.2, 0.25) is 9.84 Å². The highest BCUT2D eigenvalue weighted by Gasteiger charge is 2.27. The van der Waals surface area contributed by atoms with Crippen molar-refractivity contribution in [1.82, 2.24) is 0 Å². The summed E-state index contributed by atoms with van der Waals surface area (Å²) >= 11 is 0. The van der Waals surface area contributed by atoms with Crippen LogP contribution in [0.1, 0.15) is 12.5 Å². The zero-order valence-electron chi connectivity index (χ0n) is 10.0. The van der Waals surface area contributed by atoms with Gasteiger partial charge in [-0.05, 0) is 26.0 Å². The van der Waals surface area contributed by atoms with Crippen molar-refractivity contribution in [2.45, 2.75) is 18.7 Å². The van der Waals surface area contributed by atoms with E-state index in [2.05, 4.69) is 9.58 Å². The van der Waals surface area contributed by atoms with Gasteiger partial charge >= 0.3 is 5.03 Å². The Kier molecular flexibility index (Phi) is 4.34. The number of aryl methyl sites for hydroxylation is 1. The van der Waals surface area contributed by atoms with E-state index in [1.54, 1.807) is 19.1 Å². The number of hydrogen-bond donors (Lipinski definition) is 1. The van der Waals surface area contributed by atoms with Gasteiger partial charge in [0.1, 0.15) is 0 Å². The number of aliphatic hydroxyl groups excluding tert-OH is 1. The maximum absolute atomic E-state index is 12.1. The minimum atomic E-state index is -4.04. The van der Waals surface area contributed by atoms with E-state index in [4.69, 9.17) is 6.57 Å². The van der Waals surface area contributed by atoms with Gasteiger partial charge in [-0.2, -0.15) is 0 Å². The predicted octanol–water partition coefficient (Wildman–Crippen LogP) is 2.41. The number of hydrogen-bond acceptors (Lipinski definition) is 4. The van der Waals surface area contributed by atoms with E-state index in [1.165, 1.54) is 12.1 Å². The molecule has 0 aliphatic rings. The lowest BCUT2D eigenvalue weighted by Gasteiger charge is -2.06. The van der Waals surface area contributed by atoms with Crippen molar-refractivity contribution < 1.29 is 18.3 Å². The number of benzene rings is 1. The zero-order chi connectivity index (χ0) is 13.8. The summed E-state index contributed by atoms with van der Waals surface area (Å²) in [6.45, 7) is 10.3. The molecule has 1 N–H and O–H groups in total. The first kappa shape index (κ1) is 14.1. The van der Waals surface area contributed by atoms with Crippen molar-refractivity contribution in [2.75, 3.05) is 6.61 Å². The maximum atomic E-state index is 12.1. The molecule has 0 aliphatic heterocycles. The standard InChI is InChI=1S/C12H13NO4S/c1-4-17-12(14)11(13-3)18(15,16)10-7-5-9(2)6-8-10/h5-8,14H,4H2,1-2H3. The molecule has 5 nitrogen and oxygen atoms in total. The molecule has 0 amide bonds. The van der Waals surface area contributed by atoms with E-state index in [-0.39, 0.29) is 11.5 Å². The van der Waals surface area contributed by atoms with E-state index >= 15 is 0 Å². The normalized spacial score (nSPS) is 12.5. The van der Waals surface area contributed by atoms with Gasteiger partial charge in [0, 0.05) is 0 Å². The third kappa shape index (κ3) is 2.81. The Balaban J connectivity index is 3.33. The van der Waals surface area contributed by atoms with Gasteiger partial charge in [-0.25, -0.2) is 13.3 Å². The van der Waals surface area contributed by atoms with E-state index < -0.39 is 20.8 Å².